The van der Waals surface area contributed by atoms with Crippen LogP contribution < -0.4 is 16.8 Å². The maximum Gasteiger partial charge on any atom is 0.417 e. The van der Waals surface area contributed by atoms with E-state index < -0.39 is 27.5 Å². The largest absolute Gasteiger partial charge is 0.417 e. The maximum absolute atomic E-state index is 11.8. The maximum atomic E-state index is 11.8. The molecule has 0 bridgehead atoms. The zero-order chi connectivity index (χ0) is 15.6. The Bertz CT molecular complexity index is 821. The minimum Gasteiger partial charge on any atom is -0.408 e. The Morgan fingerprint density at radius 1 is 1.48 bits per heavy atom. The van der Waals surface area contributed by atoms with Crippen LogP contribution in [0.3, 0.4) is 0 Å². The van der Waals surface area contributed by atoms with Gasteiger partial charge in [-0.25, -0.2) is 13.2 Å². The topological polar surface area (TPSA) is 135 Å². The van der Waals surface area contributed by atoms with Crippen LogP contribution in [0.25, 0.3) is 11.1 Å². The third-order valence-electron chi connectivity index (χ3n) is 2.82. The van der Waals surface area contributed by atoms with Crippen molar-refractivity contribution in [3.05, 3.63) is 28.7 Å². The van der Waals surface area contributed by atoms with Crippen LogP contribution in [0.2, 0.25) is 0 Å². The number of aromatic amines is 1. The fourth-order valence-corrected chi connectivity index (χ4v) is 2.42. The van der Waals surface area contributed by atoms with E-state index in [1.807, 2.05) is 0 Å². The Hall–Kier alpha value is -2.13. The fraction of sp³-hybridized carbons (Fsp3) is 0.333. The van der Waals surface area contributed by atoms with Crippen molar-refractivity contribution in [2.75, 3.05) is 17.3 Å². The molecule has 0 saturated heterocycles. The van der Waals surface area contributed by atoms with Gasteiger partial charge in [0.2, 0.25) is 5.91 Å². The third-order valence-corrected chi connectivity index (χ3v) is 3.80. The quantitative estimate of drug-likeness (QED) is 0.700. The van der Waals surface area contributed by atoms with Crippen LogP contribution in [-0.4, -0.2) is 37.4 Å². The molecule has 1 aromatic heterocycles. The Morgan fingerprint density at radius 3 is 2.86 bits per heavy atom. The molecule has 0 radical (unpaired) electrons. The van der Waals surface area contributed by atoms with E-state index in [9.17, 15) is 18.0 Å². The Balaban J connectivity index is 2.05. The molecule has 0 aliphatic carbocycles. The first-order valence-electron chi connectivity index (χ1n) is 6.12. The first-order chi connectivity index (χ1) is 9.74. The van der Waals surface area contributed by atoms with Gasteiger partial charge in [-0.2, -0.15) is 0 Å². The molecular weight excluding hydrogens is 298 g/mol. The van der Waals surface area contributed by atoms with Crippen molar-refractivity contribution in [3.8, 4) is 0 Å². The number of sulfone groups is 1. The van der Waals surface area contributed by atoms with Crippen molar-refractivity contribution in [2.24, 2.45) is 5.73 Å². The molecule has 2 rings (SSSR count). The van der Waals surface area contributed by atoms with Gasteiger partial charge in [0.05, 0.1) is 17.3 Å². The van der Waals surface area contributed by atoms with Crippen molar-refractivity contribution in [2.45, 2.75) is 12.5 Å². The number of oxazole rings is 1. The van der Waals surface area contributed by atoms with Crippen LogP contribution in [0, 0.1) is 0 Å². The second-order valence-corrected chi connectivity index (χ2v) is 7.00. The molecule has 2 aromatic rings. The van der Waals surface area contributed by atoms with Crippen molar-refractivity contribution >= 4 is 32.5 Å². The number of H-pyrrole nitrogens is 1. The van der Waals surface area contributed by atoms with E-state index in [-0.39, 0.29) is 12.2 Å². The molecule has 21 heavy (non-hydrogen) atoms. The van der Waals surface area contributed by atoms with E-state index in [0.29, 0.717) is 16.8 Å². The first kappa shape index (κ1) is 15.3. The zero-order valence-corrected chi connectivity index (χ0v) is 12.1. The number of nitrogens with two attached hydrogens (primary N) is 1. The fourth-order valence-electron chi connectivity index (χ4n) is 1.74. The summed E-state index contributed by atoms with van der Waals surface area (Å²) in [6.07, 6.45) is 1.12. The van der Waals surface area contributed by atoms with E-state index >= 15 is 0 Å². The minimum absolute atomic E-state index is 0.0372. The molecule has 0 saturated carbocycles. The highest BCUT2D eigenvalue weighted by atomic mass is 32.2. The smallest absolute Gasteiger partial charge is 0.408 e. The van der Waals surface area contributed by atoms with E-state index in [0.717, 1.165) is 6.26 Å². The van der Waals surface area contributed by atoms with E-state index in [4.69, 9.17) is 10.2 Å². The molecule has 8 nitrogen and oxygen atoms in total. The Morgan fingerprint density at radius 2 is 2.19 bits per heavy atom. The van der Waals surface area contributed by atoms with Gasteiger partial charge < -0.3 is 15.5 Å². The highest BCUT2D eigenvalue weighted by molar-refractivity contribution is 7.90. The number of anilines is 1. The summed E-state index contributed by atoms with van der Waals surface area (Å²) >= 11 is 0. The lowest BCUT2D eigenvalue weighted by molar-refractivity contribution is -0.117. The molecule has 1 amide bonds. The summed E-state index contributed by atoms with van der Waals surface area (Å²) in [7, 11) is -3.16. The van der Waals surface area contributed by atoms with Crippen LogP contribution in [0.1, 0.15) is 6.42 Å². The van der Waals surface area contributed by atoms with E-state index in [1.54, 1.807) is 6.07 Å². The van der Waals surface area contributed by atoms with Crippen molar-refractivity contribution in [1.29, 1.82) is 0 Å². The standard InChI is InChI=1S/C12H15N3O5S/c1-21(18,19)5-4-8(13)11(16)14-7-2-3-10-9(6-7)15-12(17)20-10/h2-3,6,8H,4-5,13H2,1H3,(H,14,16)(H,15,17)/t8-/m1/s1. The van der Waals surface area contributed by atoms with Crippen LogP contribution in [-0.2, 0) is 14.6 Å². The molecule has 1 aromatic carbocycles. The lowest BCUT2D eigenvalue weighted by Crippen LogP contribution is -2.37. The molecule has 1 heterocycles. The summed E-state index contributed by atoms with van der Waals surface area (Å²) < 4.78 is 26.9. The molecule has 1 atom stereocenters. The van der Waals surface area contributed by atoms with Crippen molar-refractivity contribution in [3.63, 3.8) is 0 Å². The first-order valence-corrected chi connectivity index (χ1v) is 8.18. The molecule has 0 fully saturated rings. The molecule has 0 unspecified atom stereocenters. The number of carbonyl (C=O) groups excluding carboxylic acids is 1. The lowest BCUT2D eigenvalue weighted by atomic mass is 10.2. The van der Waals surface area contributed by atoms with Gasteiger partial charge in [-0.05, 0) is 24.6 Å². The van der Waals surface area contributed by atoms with Crippen LogP contribution in [0.4, 0.5) is 5.69 Å². The highest BCUT2D eigenvalue weighted by Gasteiger charge is 2.16. The monoisotopic (exact) mass is 313 g/mol. The number of aromatic nitrogens is 1. The van der Waals surface area contributed by atoms with Crippen molar-refractivity contribution < 1.29 is 17.6 Å². The molecule has 0 spiro atoms. The van der Waals surface area contributed by atoms with Gasteiger partial charge in [0.25, 0.3) is 0 Å². The number of nitrogens with one attached hydrogen (secondary N) is 2. The number of rotatable bonds is 5. The van der Waals surface area contributed by atoms with Gasteiger partial charge in [0.15, 0.2) is 5.58 Å². The highest BCUT2D eigenvalue weighted by Crippen LogP contribution is 2.16. The predicted molar refractivity (Wildman–Crippen MR) is 77.8 cm³/mol. The van der Waals surface area contributed by atoms with Crippen LogP contribution in [0.15, 0.2) is 27.4 Å². The van der Waals surface area contributed by atoms with Gasteiger partial charge in [0, 0.05) is 11.9 Å². The van der Waals surface area contributed by atoms with Crippen LogP contribution >= 0.6 is 0 Å². The number of carbonyl (C=O) groups is 1. The van der Waals surface area contributed by atoms with Crippen LogP contribution in [0.5, 0.6) is 0 Å². The number of benzene rings is 1. The van der Waals surface area contributed by atoms with Gasteiger partial charge >= 0.3 is 5.76 Å². The lowest BCUT2D eigenvalue weighted by Gasteiger charge is -2.11. The SMILES string of the molecule is CS(=O)(=O)CC[C@@H](N)C(=O)Nc1ccc2oc(=O)[nH]c2c1. The van der Waals surface area contributed by atoms with E-state index in [2.05, 4.69) is 10.3 Å². The summed E-state index contributed by atoms with van der Waals surface area (Å²) in [6, 6.07) is 3.69. The molecular formula is C12H15N3O5S. The average molecular weight is 313 g/mol. The second kappa shape index (κ2) is 5.70. The summed E-state index contributed by atoms with van der Waals surface area (Å²) in [5.74, 6) is -1.24. The molecule has 114 valence electrons. The second-order valence-electron chi connectivity index (χ2n) is 4.74. The van der Waals surface area contributed by atoms with Gasteiger partial charge in [-0.3, -0.25) is 9.78 Å². The molecule has 0 aliphatic rings. The predicted octanol–water partition coefficient (Wildman–Crippen LogP) is -0.178. The molecule has 0 aliphatic heterocycles. The molecule has 4 N–H and O–H groups in total. The van der Waals surface area contributed by atoms with Crippen molar-refractivity contribution in [1.82, 2.24) is 4.98 Å². The van der Waals surface area contributed by atoms with Gasteiger partial charge in [0.1, 0.15) is 9.84 Å². The van der Waals surface area contributed by atoms with E-state index in [1.165, 1.54) is 12.1 Å². The summed E-state index contributed by atoms with van der Waals surface area (Å²) in [5, 5.41) is 2.56. The number of hydrogen-bond donors (Lipinski definition) is 3. The summed E-state index contributed by atoms with van der Waals surface area (Å²) in [5.41, 5.74) is 6.89. The molecule has 9 heteroatoms. The summed E-state index contributed by atoms with van der Waals surface area (Å²) in [6.45, 7) is 0. The van der Waals surface area contributed by atoms with Gasteiger partial charge in [-0.15, -0.1) is 0 Å². The summed E-state index contributed by atoms with van der Waals surface area (Å²) in [4.78, 5) is 25.3. The Labute approximate surface area is 120 Å². The average Bonchev–Trinajstić information content (AvgIpc) is 2.74. The van der Waals surface area contributed by atoms with Gasteiger partial charge in [-0.1, -0.05) is 0 Å². The minimum atomic E-state index is -3.16. The number of amides is 1. The zero-order valence-electron chi connectivity index (χ0n) is 11.3. The normalized spacial score (nSPS) is 13.2. The third kappa shape index (κ3) is 4.17. The number of hydrogen-bond acceptors (Lipinski definition) is 6. The number of fused-ring (bicyclic) bond motifs is 1. The Kier molecular flexibility index (Phi) is 4.14.